The summed E-state index contributed by atoms with van der Waals surface area (Å²) in [5.41, 5.74) is 14.4. The highest BCUT2D eigenvalue weighted by molar-refractivity contribution is 6.14. The Morgan fingerprint density at radius 3 is 1.30 bits per heavy atom. The summed E-state index contributed by atoms with van der Waals surface area (Å²) >= 11 is 0. The smallest absolute Gasteiger partial charge is 0.143 e. The highest BCUT2D eigenvalue weighted by atomic mass is 16.3. The van der Waals surface area contributed by atoms with Crippen molar-refractivity contribution in [3.8, 4) is 39.6 Å². The van der Waals surface area contributed by atoms with Gasteiger partial charge in [0.05, 0.1) is 50.2 Å². The molecule has 14 aromatic rings. The van der Waals surface area contributed by atoms with E-state index in [-0.39, 0.29) is 0 Å². The number of para-hydroxylation sites is 8. The van der Waals surface area contributed by atoms with E-state index in [1.807, 2.05) is 6.07 Å². The van der Waals surface area contributed by atoms with E-state index in [9.17, 15) is 0 Å². The Bertz CT molecular complexity index is 3920. The number of pyridine rings is 1. The van der Waals surface area contributed by atoms with Crippen LogP contribution in [0.25, 0.3) is 127 Å². The number of furan rings is 1. The largest absolute Gasteiger partial charge is 0.455 e. The quantitative estimate of drug-likeness (QED) is 0.174. The van der Waals surface area contributed by atoms with E-state index in [1.54, 1.807) is 0 Å². The summed E-state index contributed by atoms with van der Waals surface area (Å²) in [6.45, 7) is 0. The number of rotatable bonds is 5. The Kier molecular flexibility index (Phi) is 7.33. The average Bonchev–Trinajstić information content (AvgIpc) is 4.10. The molecule has 0 unspecified atom stereocenters. The second kappa shape index (κ2) is 13.4. The summed E-state index contributed by atoms with van der Waals surface area (Å²) in [4.78, 5) is 5.86. The Morgan fingerprint density at radius 1 is 0.328 bits per heavy atom. The third kappa shape index (κ3) is 4.92. The van der Waals surface area contributed by atoms with Gasteiger partial charge in [-0.3, -0.25) is 4.57 Å². The molecule has 0 spiro atoms. The van der Waals surface area contributed by atoms with Gasteiger partial charge in [0.25, 0.3) is 0 Å². The number of hydrogen-bond acceptors (Lipinski definition) is 2. The fraction of sp³-hybridized carbons (Fsp3) is 0. The maximum Gasteiger partial charge on any atom is 0.143 e. The molecule has 0 radical (unpaired) electrons. The van der Waals surface area contributed by atoms with Crippen LogP contribution >= 0.6 is 0 Å². The number of nitrogens with zero attached hydrogens (tertiary/aromatic N) is 4. The lowest BCUT2D eigenvalue weighted by molar-refractivity contribution is 0.670. The van der Waals surface area contributed by atoms with E-state index >= 15 is 0 Å². The summed E-state index contributed by atoms with van der Waals surface area (Å²) in [6, 6.07) is 78.4. The first-order valence-electron chi connectivity index (χ1n) is 21.8. The predicted octanol–water partition coefficient (Wildman–Crippen LogP) is 15.6. The van der Waals surface area contributed by atoms with Crippen molar-refractivity contribution >= 4 is 87.4 Å². The molecule has 298 valence electrons. The lowest BCUT2D eigenvalue weighted by Crippen LogP contribution is -2.06. The first-order chi connectivity index (χ1) is 31.8. The fourth-order valence-corrected chi connectivity index (χ4v) is 10.6. The van der Waals surface area contributed by atoms with Gasteiger partial charge in [-0.15, -0.1) is 0 Å². The molecule has 0 saturated carbocycles. The molecule has 9 aromatic carbocycles. The summed E-state index contributed by atoms with van der Waals surface area (Å²) in [5.74, 6) is 0.830. The SMILES string of the molecule is c1cc(-c2cccc3c2oc2ccccc23)c(-c2cc(-n3c4ccccc4c4ccccc43)cc(-n3c4ccccc4c4ccccc43)n2)c(-n2c3ccccc3c3ccccc32)c1. The minimum absolute atomic E-state index is 0.830. The van der Waals surface area contributed by atoms with Crippen molar-refractivity contribution in [1.82, 2.24) is 18.7 Å². The maximum atomic E-state index is 6.82. The van der Waals surface area contributed by atoms with E-state index < -0.39 is 0 Å². The third-order valence-corrected chi connectivity index (χ3v) is 13.3. The van der Waals surface area contributed by atoms with Crippen molar-refractivity contribution in [3.05, 3.63) is 218 Å². The van der Waals surface area contributed by atoms with Gasteiger partial charge in [0.2, 0.25) is 0 Å². The van der Waals surface area contributed by atoms with Gasteiger partial charge in [0.15, 0.2) is 0 Å². The second-order valence-corrected chi connectivity index (χ2v) is 16.7. The minimum atomic E-state index is 0.830. The Morgan fingerprint density at radius 2 is 0.750 bits per heavy atom. The van der Waals surface area contributed by atoms with Crippen LogP contribution in [0.4, 0.5) is 0 Å². The standard InChI is InChI=1S/C59H36N4O/c1-8-27-49-38(17-1)39-18-2-9-28-50(39)61(49)37-35-48(60-57(36-37)63-53-31-12-5-21-42(53)43-22-6-13-32-54(43)63)58-45(47-26-15-25-46-44-23-7-14-34-56(44)64-59(46)47)24-16-33-55(58)62-51-29-10-3-19-40(51)41-20-4-11-30-52(41)62/h1-36H. The summed E-state index contributed by atoms with van der Waals surface area (Å²) in [7, 11) is 0. The van der Waals surface area contributed by atoms with Crippen molar-refractivity contribution in [2.45, 2.75) is 0 Å². The lowest BCUT2D eigenvalue weighted by Gasteiger charge is -2.20. The fourth-order valence-electron chi connectivity index (χ4n) is 10.6. The molecule has 14 rings (SSSR count). The van der Waals surface area contributed by atoms with Crippen LogP contribution in [0.5, 0.6) is 0 Å². The van der Waals surface area contributed by atoms with Crippen LogP contribution in [-0.2, 0) is 0 Å². The monoisotopic (exact) mass is 816 g/mol. The molecule has 0 fully saturated rings. The van der Waals surface area contributed by atoms with Gasteiger partial charge in [-0.05, 0) is 60.2 Å². The molecule has 0 aliphatic heterocycles. The van der Waals surface area contributed by atoms with Gasteiger partial charge in [-0.1, -0.05) is 158 Å². The molecular weight excluding hydrogens is 781 g/mol. The van der Waals surface area contributed by atoms with E-state index in [0.717, 1.165) is 94.6 Å². The molecule has 64 heavy (non-hydrogen) atoms. The van der Waals surface area contributed by atoms with Gasteiger partial charge in [-0.2, -0.15) is 0 Å². The van der Waals surface area contributed by atoms with E-state index in [1.165, 1.54) is 32.3 Å². The molecular formula is C59H36N4O. The van der Waals surface area contributed by atoms with Crippen molar-refractivity contribution < 1.29 is 4.42 Å². The molecule has 5 heterocycles. The molecule has 0 amide bonds. The zero-order valence-electron chi connectivity index (χ0n) is 34.5. The Hall–Kier alpha value is -8.67. The highest BCUT2D eigenvalue weighted by Gasteiger charge is 2.25. The van der Waals surface area contributed by atoms with E-state index in [4.69, 9.17) is 9.40 Å². The normalized spacial score (nSPS) is 12.1. The molecule has 0 aliphatic carbocycles. The van der Waals surface area contributed by atoms with Gasteiger partial charge >= 0.3 is 0 Å². The van der Waals surface area contributed by atoms with Crippen LogP contribution < -0.4 is 0 Å². The minimum Gasteiger partial charge on any atom is -0.455 e. The van der Waals surface area contributed by atoms with Crippen LogP contribution in [0.3, 0.4) is 0 Å². The molecule has 0 atom stereocenters. The zero-order valence-corrected chi connectivity index (χ0v) is 34.5. The molecule has 0 saturated heterocycles. The van der Waals surface area contributed by atoms with Crippen molar-refractivity contribution in [3.63, 3.8) is 0 Å². The summed E-state index contributed by atoms with van der Waals surface area (Å²) < 4.78 is 14.0. The van der Waals surface area contributed by atoms with Gasteiger partial charge < -0.3 is 13.6 Å². The van der Waals surface area contributed by atoms with Crippen LogP contribution in [0.15, 0.2) is 223 Å². The van der Waals surface area contributed by atoms with Crippen LogP contribution in [0.1, 0.15) is 0 Å². The lowest BCUT2D eigenvalue weighted by atomic mass is 9.93. The molecule has 5 heteroatoms. The maximum absolute atomic E-state index is 6.82. The van der Waals surface area contributed by atoms with Crippen LogP contribution in [-0.4, -0.2) is 18.7 Å². The summed E-state index contributed by atoms with van der Waals surface area (Å²) in [6.07, 6.45) is 0. The number of benzene rings is 9. The van der Waals surface area contributed by atoms with E-state index in [2.05, 4.69) is 226 Å². The average molecular weight is 817 g/mol. The number of fused-ring (bicyclic) bond motifs is 12. The third-order valence-electron chi connectivity index (χ3n) is 13.3. The first-order valence-corrected chi connectivity index (χ1v) is 21.8. The summed E-state index contributed by atoms with van der Waals surface area (Å²) in [5, 5.41) is 9.37. The number of aromatic nitrogens is 4. The first kappa shape index (κ1) is 35.0. The zero-order chi connectivity index (χ0) is 41.9. The van der Waals surface area contributed by atoms with Gasteiger partial charge in [0.1, 0.15) is 17.0 Å². The molecule has 5 aromatic heterocycles. The van der Waals surface area contributed by atoms with Crippen molar-refractivity contribution in [2.24, 2.45) is 0 Å². The van der Waals surface area contributed by atoms with Gasteiger partial charge in [0, 0.05) is 60.3 Å². The predicted molar refractivity (Wildman–Crippen MR) is 265 cm³/mol. The van der Waals surface area contributed by atoms with E-state index in [0.29, 0.717) is 0 Å². The highest BCUT2D eigenvalue weighted by Crippen LogP contribution is 2.45. The van der Waals surface area contributed by atoms with Gasteiger partial charge in [-0.25, -0.2) is 4.98 Å². The van der Waals surface area contributed by atoms with Crippen LogP contribution in [0, 0.1) is 0 Å². The molecule has 0 aliphatic rings. The molecule has 0 bridgehead atoms. The Balaban J connectivity index is 1.17. The molecule has 0 N–H and O–H groups in total. The molecule has 5 nitrogen and oxygen atoms in total. The Labute approximate surface area is 366 Å². The van der Waals surface area contributed by atoms with Crippen molar-refractivity contribution in [2.75, 3.05) is 0 Å². The van der Waals surface area contributed by atoms with Crippen LogP contribution in [0.2, 0.25) is 0 Å². The topological polar surface area (TPSA) is 40.8 Å². The van der Waals surface area contributed by atoms with Crippen molar-refractivity contribution in [1.29, 1.82) is 0 Å². The number of hydrogen-bond donors (Lipinski definition) is 0. The second-order valence-electron chi connectivity index (χ2n) is 16.7.